The van der Waals surface area contributed by atoms with Crippen molar-refractivity contribution in [2.75, 3.05) is 37.6 Å². The van der Waals surface area contributed by atoms with Crippen LogP contribution in [0.2, 0.25) is 0 Å². The number of carbonyl (C=O) groups is 1. The SMILES string of the molecule is CCc1nn(-c2ccc(F)cc2)c(N2CCN(C(C)C)CC2)c1CN(CC(C)C)C(=O)c1ccco1. The summed E-state index contributed by atoms with van der Waals surface area (Å²) in [6.07, 6.45) is 2.26. The number of hydrogen-bond acceptors (Lipinski definition) is 5. The summed E-state index contributed by atoms with van der Waals surface area (Å²) in [6.45, 7) is 15.4. The lowest BCUT2D eigenvalue weighted by Crippen LogP contribution is -2.49. The van der Waals surface area contributed by atoms with E-state index in [0.29, 0.717) is 30.8 Å². The van der Waals surface area contributed by atoms with Crippen molar-refractivity contribution in [3.8, 4) is 5.69 Å². The Morgan fingerprint density at radius 2 is 1.78 bits per heavy atom. The van der Waals surface area contributed by atoms with Crippen molar-refractivity contribution in [1.29, 1.82) is 0 Å². The highest BCUT2D eigenvalue weighted by Gasteiger charge is 2.30. The summed E-state index contributed by atoms with van der Waals surface area (Å²) in [5.74, 6) is 1.22. The molecular formula is C28H38FN5O2. The highest BCUT2D eigenvalue weighted by atomic mass is 19.1. The zero-order valence-electron chi connectivity index (χ0n) is 22.1. The lowest BCUT2D eigenvalue weighted by atomic mass is 10.1. The third kappa shape index (κ3) is 5.64. The monoisotopic (exact) mass is 495 g/mol. The maximum atomic E-state index is 13.7. The second-order valence-corrected chi connectivity index (χ2v) is 10.2. The van der Waals surface area contributed by atoms with Crippen molar-refractivity contribution in [3.63, 3.8) is 0 Å². The minimum absolute atomic E-state index is 0.124. The van der Waals surface area contributed by atoms with Crippen LogP contribution in [0.25, 0.3) is 5.69 Å². The molecule has 4 rings (SSSR count). The Kier molecular flexibility index (Phi) is 8.14. The van der Waals surface area contributed by atoms with E-state index < -0.39 is 0 Å². The standard InChI is InChI=1S/C28H38FN5O2/c1-6-25-24(19-33(18-20(2)3)28(35)26-8-7-17-36-26)27(32-15-13-31(14-16-32)21(4)5)34(30-25)23-11-9-22(29)10-12-23/h7-12,17,20-21H,6,13-16,18-19H2,1-5H3. The van der Waals surface area contributed by atoms with Crippen LogP contribution in [0.3, 0.4) is 0 Å². The zero-order chi connectivity index (χ0) is 25.8. The topological polar surface area (TPSA) is 57.8 Å². The van der Waals surface area contributed by atoms with Crippen LogP contribution in [-0.4, -0.2) is 64.3 Å². The number of anilines is 1. The summed E-state index contributed by atoms with van der Waals surface area (Å²) in [4.78, 5) is 20.1. The van der Waals surface area contributed by atoms with Crippen molar-refractivity contribution in [1.82, 2.24) is 19.6 Å². The minimum atomic E-state index is -0.277. The van der Waals surface area contributed by atoms with Gasteiger partial charge in [-0.1, -0.05) is 20.8 Å². The van der Waals surface area contributed by atoms with Gasteiger partial charge >= 0.3 is 0 Å². The Labute approximate surface area is 213 Å². The van der Waals surface area contributed by atoms with E-state index in [4.69, 9.17) is 9.52 Å². The number of amides is 1. The minimum Gasteiger partial charge on any atom is -0.459 e. The number of halogens is 1. The van der Waals surface area contributed by atoms with Gasteiger partial charge in [-0.3, -0.25) is 9.69 Å². The maximum absolute atomic E-state index is 13.7. The van der Waals surface area contributed by atoms with E-state index in [9.17, 15) is 9.18 Å². The van der Waals surface area contributed by atoms with Crippen LogP contribution < -0.4 is 4.90 Å². The summed E-state index contributed by atoms with van der Waals surface area (Å²) in [7, 11) is 0. The molecule has 0 bridgehead atoms. The first-order valence-corrected chi connectivity index (χ1v) is 13.0. The van der Waals surface area contributed by atoms with Crippen molar-refractivity contribution in [3.05, 3.63) is 65.5 Å². The fourth-order valence-corrected chi connectivity index (χ4v) is 4.88. The molecule has 1 saturated heterocycles. The van der Waals surface area contributed by atoms with Crippen LogP contribution in [0.5, 0.6) is 0 Å². The normalized spacial score (nSPS) is 14.7. The van der Waals surface area contributed by atoms with Gasteiger partial charge in [0.15, 0.2) is 5.76 Å². The molecule has 194 valence electrons. The van der Waals surface area contributed by atoms with Crippen molar-refractivity contribution in [2.24, 2.45) is 5.92 Å². The molecule has 8 heteroatoms. The number of benzene rings is 1. The zero-order valence-corrected chi connectivity index (χ0v) is 22.1. The number of aromatic nitrogens is 2. The highest BCUT2D eigenvalue weighted by Crippen LogP contribution is 2.31. The fraction of sp³-hybridized carbons (Fsp3) is 0.500. The molecule has 3 aromatic rings. The van der Waals surface area contributed by atoms with E-state index in [1.807, 2.05) is 9.58 Å². The van der Waals surface area contributed by atoms with E-state index >= 15 is 0 Å². The molecule has 0 unspecified atom stereocenters. The second-order valence-electron chi connectivity index (χ2n) is 10.2. The van der Waals surface area contributed by atoms with Crippen molar-refractivity contribution >= 4 is 11.7 Å². The number of rotatable bonds is 9. The Balaban J connectivity index is 1.77. The van der Waals surface area contributed by atoms with Crippen LogP contribution in [0.4, 0.5) is 10.2 Å². The highest BCUT2D eigenvalue weighted by molar-refractivity contribution is 5.91. The molecule has 1 aliphatic heterocycles. The molecule has 7 nitrogen and oxygen atoms in total. The summed E-state index contributed by atoms with van der Waals surface area (Å²) in [5.41, 5.74) is 2.80. The second kappa shape index (κ2) is 11.3. The molecule has 1 aromatic carbocycles. The van der Waals surface area contributed by atoms with Gasteiger partial charge in [0.05, 0.1) is 24.2 Å². The van der Waals surface area contributed by atoms with Crippen LogP contribution in [0, 0.1) is 11.7 Å². The molecule has 0 N–H and O–H groups in total. The summed E-state index contributed by atoms with van der Waals surface area (Å²) >= 11 is 0. The number of aryl methyl sites for hydroxylation is 1. The quantitative estimate of drug-likeness (QED) is 0.418. The van der Waals surface area contributed by atoms with E-state index in [1.54, 1.807) is 24.3 Å². The number of hydrogen-bond donors (Lipinski definition) is 0. The number of furan rings is 1. The number of nitrogens with zero attached hydrogens (tertiary/aromatic N) is 5. The number of carbonyl (C=O) groups excluding carboxylic acids is 1. The number of piperazine rings is 1. The average Bonchev–Trinajstić information content (AvgIpc) is 3.52. The fourth-order valence-electron chi connectivity index (χ4n) is 4.88. The predicted molar refractivity (Wildman–Crippen MR) is 140 cm³/mol. The Bertz CT molecular complexity index is 1130. The van der Waals surface area contributed by atoms with Crippen LogP contribution in [0.1, 0.15) is 56.4 Å². The van der Waals surface area contributed by atoms with Crippen molar-refractivity contribution in [2.45, 2.75) is 53.6 Å². The third-order valence-corrected chi connectivity index (χ3v) is 6.74. The lowest BCUT2D eigenvalue weighted by molar-refractivity contribution is 0.0690. The van der Waals surface area contributed by atoms with E-state index in [-0.39, 0.29) is 11.7 Å². The molecule has 0 saturated carbocycles. The lowest BCUT2D eigenvalue weighted by Gasteiger charge is -2.38. The van der Waals surface area contributed by atoms with Gasteiger partial charge in [0.2, 0.25) is 0 Å². The summed E-state index contributed by atoms with van der Waals surface area (Å²) < 4.78 is 21.1. The molecular weight excluding hydrogens is 457 g/mol. The molecule has 1 fully saturated rings. The molecule has 3 heterocycles. The first kappa shape index (κ1) is 25.9. The van der Waals surface area contributed by atoms with E-state index in [2.05, 4.69) is 44.4 Å². The van der Waals surface area contributed by atoms with Gasteiger partial charge < -0.3 is 14.2 Å². The van der Waals surface area contributed by atoms with E-state index in [1.165, 1.54) is 18.4 Å². The van der Waals surface area contributed by atoms with E-state index in [0.717, 1.165) is 55.4 Å². The Morgan fingerprint density at radius 1 is 1.08 bits per heavy atom. The van der Waals surface area contributed by atoms with Gasteiger partial charge in [-0.15, -0.1) is 0 Å². The van der Waals surface area contributed by atoms with Gasteiger partial charge in [0, 0.05) is 44.3 Å². The smallest absolute Gasteiger partial charge is 0.289 e. The molecule has 0 aliphatic carbocycles. The molecule has 36 heavy (non-hydrogen) atoms. The molecule has 1 amide bonds. The molecule has 0 radical (unpaired) electrons. The molecule has 2 aromatic heterocycles. The molecule has 0 spiro atoms. The van der Waals surface area contributed by atoms with Gasteiger partial charge in [0.25, 0.3) is 5.91 Å². The maximum Gasteiger partial charge on any atom is 0.289 e. The van der Waals surface area contributed by atoms with Crippen LogP contribution >= 0.6 is 0 Å². The summed E-state index contributed by atoms with van der Waals surface area (Å²) in [6, 6.07) is 10.4. The largest absolute Gasteiger partial charge is 0.459 e. The van der Waals surface area contributed by atoms with Crippen molar-refractivity contribution < 1.29 is 13.6 Å². The summed E-state index contributed by atoms with van der Waals surface area (Å²) in [5, 5.41) is 4.99. The Morgan fingerprint density at radius 3 is 2.33 bits per heavy atom. The van der Waals surface area contributed by atoms with Gasteiger partial charge in [-0.2, -0.15) is 5.10 Å². The van der Waals surface area contributed by atoms with Crippen LogP contribution in [0.15, 0.2) is 47.1 Å². The van der Waals surface area contributed by atoms with Gasteiger partial charge in [-0.05, 0) is 62.6 Å². The van der Waals surface area contributed by atoms with Crippen LogP contribution in [-0.2, 0) is 13.0 Å². The molecule has 0 atom stereocenters. The van der Waals surface area contributed by atoms with Gasteiger partial charge in [-0.25, -0.2) is 9.07 Å². The Hall–Kier alpha value is -3.13. The molecule has 1 aliphatic rings. The first-order valence-electron chi connectivity index (χ1n) is 13.0. The predicted octanol–water partition coefficient (Wildman–Crippen LogP) is 5.00. The van der Waals surface area contributed by atoms with Gasteiger partial charge in [0.1, 0.15) is 11.6 Å². The average molecular weight is 496 g/mol. The third-order valence-electron chi connectivity index (χ3n) is 6.74. The first-order chi connectivity index (χ1) is 17.3.